The van der Waals surface area contributed by atoms with Crippen molar-refractivity contribution in [3.05, 3.63) is 5.82 Å². The van der Waals surface area contributed by atoms with Crippen LogP contribution in [0.1, 0.15) is 19.2 Å². The first-order valence-corrected chi connectivity index (χ1v) is 6.54. The van der Waals surface area contributed by atoms with Crippen LogP contribution in [0.5, 0.6) is 0 Å². The van der Waals surface area contributed by atoms with Gasteiger partial charge in [-0.1, -0.05) is 6.92 Å². The average molecular weight is 266 g/mol. The molecule has 2 atom stereocenters. The maximum Gasteiger partial charge on any atom is 0.229 e. The van der Waals surface area contributed by atoms with Gasteiger partial charge in [-0.05, 0) is 18.9 Å². The molecule has 0 amide bonds. The molecule has 1 saturated heterocycles. The Hall–Kier alpha value is -1.47. The van der Waals surface area contributed by atoms with Crippen LogP contribution in [0.4, 0.5) is 11.9 Å². The number of aliphatic hydroxyl groups is 1. The molecule has 1 fully saturated rings. The summed E-state index contributed by atoms with van der Waals surface area (Å²) in [5, 5.41) is 9.45. The Labute approximate surface area is 113 Å². The Morgan fingerprint density at radius 3 is 2.74 bits per heavy atom. The number of nitrogen functional groups attached to an aromatic ring is 1. The van der Waals surface area contributed by atoms with Crippen LogP contribution in [-0.2, 0) is 6.54 Å². The van der Waals surface area contributed by atoms with Gasteiger partial charge in [0.25, 0.3) is 0 Å². The molecule has 7 heteroatoms. The topological polar surface area (TPSA) is 91.4 Å². The predicted molar refractivity (Wildman–Crippen MR) is 73.6 cm³/mol. The van der Waals surface area contributed by atoms with Crippen LogP contribution in [0.3, 0.4) is 0 Å². The normalized spacial score (nSPS) is 23.8. The smallest absolute Gasteiger partial charge is 0.229 e. The molecule has 1 aliphatic rings. The minimum absolute atomic E-state index is 0.169. The third kappa shape index (κ3) is 3.10. The van der Waals surface area contributed by atoms with Crippen molar-refractivity contribution in [2.45, 2.75) is 25.9 Å². The Kier molecular flexibility index (Phi) is 4.16. The van der Waals surface area contributed by atoms with Gasteiger partial charge in [-0.15, -0.1) is 0 Å². The van der Waals surface area contributed by atoms with E-state index in [2.05, 4.69) is 26.8 Å². The highest BCUT2D eigenvalue weighted by atomic mass is 16.3. The Morgan fingerprint density at radius 1 is 1.37 bits per heavy atom. The summed E-state index contributed by atoms with van der Waals surface area (Å²) in [5.74, 6) is 1.96. The summed E-state index contributed by atoms with van der Waals surface area (Å²) < 4.78 is 0. The predicted octanol–water partition coefficient (Wildman–Crippen LogP) is -0.277. The van der Waals surface area contributed by atoms with Crippen molar-refractivity contribution in [3.63, 3.8) is 0 Å². The number of hydrogen-bond donors (Lipinski definition) is 2. The first-order valence-electron chi connectivity index (χ1n) is 6.54. The molecule has 1 aromatic rings. The van der Waals surface area contributed by atoms with Crippen molar-refractivity contribution in [2.75, 3.05) is 37.9 Å². The molecule has 3 N–H and O–H groups in total. The van der Waals surface area contributed by atoms with E-state index >= 15 is 0 Å². The Balaban J connectivity index is 2.15. The molecule has 0 aromatic carbocycles. The number of likely N-dealkylation sites (tertiary alicyclic amines) is 1. The first-order chi connectivity index (χ1) is 9.01. The van der Waals surface area contributed by atoms with Crippen molar-refractivity contribution in [1.82, 2.24) is 19.9 Å². The third-order valence-electron chi connectivity index (χ3n) is 3.62. The van der Waals surface area contributed by atoms with E-state index < -0.39 is 0 Å². The van der Waals surface area contributed by atoms with Crippen molar-refractivity contribution in [3.8, 4) is 0 Å². The van der Waals surface area contributed by atoms with Crippen LogP contribution in [0.25, 0.3) is 0 Å². The zero-order valence-corrected chi connectivity index (χ0v) is 11.7. The van der Waals surface area contributed by atoms with Gasteiger partial charge in [-0.25, -0.2) is 0 Å². The lowest BCUT2D eigenvalue weighted by molar-refractivity contribution is 0.132. The number of aromatic nitrogens is 3. The number of hydrogen-bond acceptors (Lipinski definition) is 7. The minimum Gasteiger partial charge on any atom is -0.395 e. The zero-order chi connectivity index (χ0) is 14.0. The lowest BCUT2D eigenvalue weighted by Gasteiger charge is -2.24. The first kappa shape index (κ1) is 14.0. The largest absolute Gasteiger partial charge is 0.395 e. The van der Waals surface area contributed by atoms with E-state index in [0.717, 1.165) is 13.0 Å². The highest BCUT2D eigenvalue weighted by Gasteiger charge is 2.31. The fourth-order valence-electron chi connectivity index (χ4n) is 2.46. The summed E-state index contributed by atoms with van der Waals surface area (Å²) in [7, 11) is 3.74. The van der Waals surface area contributed by atoms with E-state index in [1.54, 1.807) is 4.90 Å². The van der Waals surface area contributed by atoms with Crippen molar-refractivity contribution < 1.29 is 5.11 Å². The highest BCUT2D eigenvalue weighted by molar-refractivity contribution is 5.32. The summed E-state index contributed by atoms with van der Waals surface area (Å²) in [6.07, 6.45) is 1.09. The Bertz CT molecular complexity index is 438. The van der Waals surface area contributed by atoms with Crippen LogP contribution in [-0.4, -0.2) is 58.2 Å². The number of anilines is 2. The van der Waals surface area contributed by atoms with E-state index in [-0.39, 0.29) is 18.6 Å². The zero-order valence-electron chi connectivity index (χ0n) is 11.7. The van der Waals surface area contributed by atoms with Gasteiger partial charge < -0.3 is 15.7 Å². The summed E-state index contributed by atoms with van der Waals surface area (Å²) >= 11 is 0. The molecule has 106 valence electrons. The fraction of sp³-hybridized carbons (Fsp3) is 0.750. The van der Waals surface area contributed by atoms with Gasteiger partial charge in [0.1, 0.15) is 5.82 Å². The summed E-state index contributed by atoms with van der Waals surface area (Å²) in [6.45, 7) is 3.88. The van der Waals surface area contributed by atoms with Gasteiger partial charge in [0.15, 0.2) is 0 Å². The number of nitrogens with two attached hydrogens (primary N) is 1. The third-order valence-corrected chi connectivity index (χ3v) is 3.62. The van der Waals surface area contributed by atoms with Gasteiger partial charge >= 0.3 is 0 Å². The monoisotopic (exact) mass is 266 g/mol. The quantitative estimate of drug-likeness (QED) is 0.774. The molecule has 0 aliphatic carbocycles. The van der Waals surface area contributed by atoms with Crippen LogP contribution in [0.2, 0.25) is 0 Å². The van der Waals surface area contributed by atoms with Crippen LogP contribution in [0.15, 0.2) is 0 Å². The van der Waals surface area contributed by atoms with E-state index in [1.165, 1.54) is 0 Å². The number of rotatable bonds is 4. The Morgan fingerprint density at radius 2 is 2.11 bits per heavy atom. The fourth-order valence-corrected chi connectivity index (χ4v) is 2.46. The molecule has 0 bridgehead atoms. The van der Waals surface area contributed by atoms with Gasteiger partial charge in [0.2, 0.25) is 11.9 Å². The molecular formula is C12H22N6O. The number of nitrogens with zero attached hydrogens (tertiary/aromatic N) is 5. The van der Waals surface area contributed by atoms with E-state index in [0.29, 0.717) is 24.2 Å². The maximum absolute atomic E-state index is 9.45. The summed E-state index contributed by atoms with van der Waals surface area (Å²) in [6, 6.07) is 0.181. The van der Waals surface area contributed by atoms with Gasteiger partial charge in [-0.3, -0.25) is 4.90 Å². The lowest BCUT2D eigenvalue weighted by Crippen LogP contribution is -2.35. The second kappa shape index (κ2) is 5.66. The van der Waals surface area contributed by atoms with Gasteiger partial charge in [0, 0.05) is 20.1 Å². The lowest BCUT2D eigenvalue weighted by atomic mass is 10.0. The molecule has 1 aromatic heterocycles. The van der Waals surface area contributed by atoms with E-state index in [9.17, 15) is 5.11 Å². The van der Waals surface area contributed by atoms with Crippen LogP contribution >= 0.6 is 0 Å². The molecule has 2 unspecified atom stereocenters. The molecule has 0 radical (unpaired) electrons. The van der Waals surface area contributed by atoms with Crippen molar-refractivity contribution in [2.24, 2.45) is 5.92 Å². The highest BCUT2D eigenvalue weighted by Crippen LogP contribution is 2.24. The maximum atomic E-state index is 9.45. The second-order valence-electron chi connectivity index (χ2n) is 5.29. The van der Waals surface area contributed by atoms with E-state index in [1.807, 2.05) is 14.1 Å². The SMILES string of the molecule is CC1CCN(Cc2nc(N)nc(N(C)C)n2)C1CO. The summed E-state index contributed by atoms with van der Waals surface area (Å²) in [4.78, 5) is 16.7. The molecule has 1 aliphatic heterocycles. The standard InChI is InChI=1S/C12H22N6O/c1-8-4-5-18(9(8)7-19)6-10-14-11(13)16-12(15-10)17(2)3/h8-9,19H,4-7H2,1-3H3,(H2,13,14,15,16). The van der Waals surface area contributed by atoms with Crippen molar-refractivity contribution >= 4 is 11.9 Å². The van der Waals surface area contributed by atoms with Gasteiger partial charge in [0.05, 0.1) is 13.2 Å². The minimum atomic E-state index is 0.169. The molecule has 2 rings (SSSR count). The number of aliphatic hydroxyl groups excluding tert-OH is 1. The molecule has 19 heavy (non-hydrogen) atoms. The van der Waals surface area contributed by atoms with Crippen molar-refractivity contribution in [1.29, 1.82) is 0 Å². The summed E-state index contributed by atoms with van der Waals surface area (Å²) in [5.41, 5.74) is 5.71. The average Bonchev–Trinajstić information content (AvgIpc) is 2.69. The molecule has 7 nitrogen and oxygen atoms in total. The van der Waals surface area contributed by atoms with Crippen LogP contribution in [0, 0.1) is 5.92 Å². The van der Waals surface area contributed by atoms with Crippen LogP contribution < -0.4 is 10.6 Å². The second-order valence-corrected chi connectivity index (χ2v) is 5.29. The molecule has 2 heterocycles. The van der Waals surface area contributed by atoms with Gasteiger partial charge in [-0.2, -0.15) is 15.0 Å². The van der Waals surface area contributed by atoms with E-state index in [4.69, 9.17) is 5.73 Å². The molecule has 0 saturated carbocycles. The molecular weight excluding hydrogens is 244 g/mol. The molecule has 0 spiro atoms.